The summed E-state index contributed by atoms with van der Waals surface area (Å²) in [5.41, 5.74) is 0. The molecule has 0 saturated heterocycles. The van der Waals surface area contributed by atoms with Crippen LogP contribution in [-0.4, -0.2) is 48.7 Å². The molecule has 0 aromatic carbocycles. The van der Waals surface area contributed by atoms with Crippen molar-refractivity contribution >= 4 is 28.0 Å². The molecule has 0 fully saturated rings. The molecule has 0 aliphatic carbocycles. The third kappa shape index (κ3) is 26.1. The summed E-state index contributed by atoms with van der Waals surface area (Å²) in [6.45, 7) is 3.55. The van der Waals surface area contributed by atoms with Crippen LogP contribution in [0.4, 0.5) is 0 Å². The molecule has 0 rings (SSSR count). The number of hydrogen-bond acceptors (Lipinski definition) is 8. The van der Waals surface area contributed by atoms with Crippen molar-refractivity contribution in [2.45, 2.75) is 122 Å². The number of unbranched alkanes of at least 4 members (excludes halogenated alkanes) is 11. The van der Waals surface area contributed by atoms with Crippen LogP contribution in [0.25, 0.3) is 0 Å². The maximum absolute atomic E-state index is 11.9. The molecule has 0 bridgehead atoms. The molecule has 0 radical (unpaired) electrons. The van der Waals surface area contributed by atoms with E-state index in [-0.39, 0.29) is 71.6 Å². The maximum Gasteiger partial charge on any atom is 1.00 e. The Morgan fingerprint density at radius 3 is 1.84 bits per heavy atom. The average molecular weight is 564 g/mol. The molecule has 204 valence electrons. The van der Waals surface area contributed by atoms with Crippen molar-refractivity contribution in [2.75, 3.05) is 6.54 Å². The van der Waals surface area contributed by atoms with Crippen molar-refractivity contribution < 1.29 is 96.3 Å². The average Bonchev–Trinajstić information content (AvgIpc) is 2.77. The van der Waals surface area contributed by atoms with E-state index in [1.165, 1.54) is 45.4 Å². The first-order valence-corrected chi connectivity index (χ1v) is 14.3. The van der Waals surface area contributed by atoms with E-state index < -0.39 is 39.8 Å². The molecule has 0 aromatic rings. The smallest absolute Gasteiger partial charge is 0.747 e. The molecule has 0 aromatic heterocycles. The quantitative estimate of drug-likeness (QED) is 0.0485. The van der Waals surface area contributed by atoms with Crippen LogP contribution >= 0.6 is 0 Å². The number of nitrogens with one attached hydrogen (secondary N) is 1. The Kier molecular flexibility index (Phi) is 29.5. The molecule has 0 spiro atoms. The fourth-order valence-corrected chi connectivity index (χ4v) is 4.10. The van der Waals surface area contributed by atoms with Crippen LogP contribution < -0.4 is 69.5 Å². The minimum Gasteiger partial charge on any atom is -0.747 e. The normalized spacial score (nSPS) is 12.7. The minimum atomic E-state index is -5.21. The summed E-state index contributed by atoms with van der Waals surface area (Å²) in [5, 5.41) is 10.8. The van der Waals surface area contributed by atoms with Gasteiger partial charge in [0.15, 0.2) is 5.25 Å². The third-order valence-electron chi connectivity index (χ3n) is 5.53. The van der Waals surface area contributed by atoms with E-state index in [4.69, 9.17) is 4.74 Å². The fourth-order valence-electron chi connectivity index (χ4n) is 3.47. The molecule has 0 heterocycles. The van der Waals surface area contributed by atoms with Crippen molar-refractivity contribution in [3.8, 4) is 0 Å². The fraction of sp³-hybridized carbons (Fsp3) is 0.800. The van der Waals surface area contributed by atoms with Gasteiger partial charge < -0.3 is 24.5 Å². The SMILES string of the molecule is CCCCCCCCC=CCCCCCCCC(=O)NCC(C)OC(=O)C(CC(=O)[O-])S(=O)(=O)[O-].[Na+].[Na+]. The number of amides is 1. The predicted octanol–water partition coefficient (Wildman–Crippen LogP) is -2.87. The molecule has 12 heteroatoms. The second-order valence-corrected chi connectivity index (χ2v) is 10.5. The van der Waals surface area contributed by atoms with Gasteiger partial charge in [0, 0.05) is 18.8 Å². The first-order valence-electron chi connectivity index (χ1n) is 12.8. The summed E-state index contributed by atoms with van der Waals surface area (Å²) in [7, 11) is -5.21. The van der Waals surface area contributed by atoms with Crippen molar-refractivity contribution in [3.63, 3.8) is 0 Å². The van der Waals surface area contributed by atoms with E-state index in [9.17, 15) is 32.5 Å². The van der Waals surface area contributed by atoms with E-state index >= 15 is 0 Å². The monoisotopic (exact) mass is 563 g/mol. The second kappa shape index (κ2) is 26.3. The predicted molar refractivity (Wildman–Crippen MR) is 131 cm³/mol. The van der Waals surface area contributed by atoms with Gasteiger partial charge in [0.2, 0.25) is 5.91 Å². The van der Waals surface area contributed by atoms with E-state index in [0.717, 1.165) is 44.9 Å². The summed E-state index contributed by atoms with van der Waals surface area (Å²) in [5.74, 6) is -3.55. The Hall–Kier alpha value is 0.0600. The number of carboxylic acid groups (broad SMARTS) is 1. The van der Waals surface area contributed by atoms with Gasteiger partial charge in [-0.15, -0.1) is 0 Å². The molecular formula is C25H43NNa2O8S. The van der Waals surface area contributed by atoms with Gasteiger partial charge in [0.1, 0.15) is 16.2 Å². The summed E-state index contributed by atoms with van der Waals surface area (Å²) in [6.07, 6.45) is 17.8. The number of carboxylic acids is 1. The van der Waals surface area contributed by atoms with Gasteiger partial charge in [-0.1, -0.05) is 70.4 Å². The van der Waals surface area contributed by atoms with Gasteiger partial charge in [-0.2, -0.15) is 0 Å². The number of hydrogen-bond donors (Lipinski definition) is 1. The van der Waals surface area contributed by atoms with Crippen LogP contribution in [0.5, 0.6) is 0 Å². The van der Waals surface area contributed by atoms with E-state index in [1.54, 1.807) is 0 Å². The van der Waals surface area contributed by atoms with E-state index in [0.29, 0.717) is 6.42 Å². The number of allylic oxidation sites excluding steroid dienone is 2. The van der Waals surface area contributed by atoms with Crippen LogP contribution in [0.2, 0.25) is 0 Å². The molecular weight excluding hydrogens is 520 g/mol. The van der Waals surface area contributed by atoms with Gasteiger partial charge in [0.25, 0.3) is 0 Å². The van der Waals surface area contributed by atoms with Gasteiger partial charge in [-0.3, -0.25) is 9.59 Å². The van der Waals surface area contributed by atoms with Crippen molar-refractivity contribution in [1.29, 1.82) is 0 Å². The number of esters is 1. The topological polar surface area (TPSA) is 153 Å². The molecule has 1 amide bonds. The first-order chi connectivity index (χ1) is 16.6. The number of aliphatic carboxylic acids is 1. The maximum atomic E-state index is 11.9. The number of ether oxygens (including phenoxy) is 1. The standard InChI is InChI=1S/C25H45NO8S.2Na/c1-3-4-5-6-7-8-9-10-11-12-13-14-15-16-17-18-23(27)26-20-21(2)34-25(30)22(19-24(28)29)35(31,32)33;;/h10-11,21-22H,3-9,12-20H2,1-2H3,(H,26,27)(H,28,29)(H,31,32,33);;/q;2*+1/p-2. The van der Waals surface area contributed by atoms with Crippen LogP contribution in [-0.2, 0) is 29.2 Å². The molecule has 2 unspecified atom stereocenters. The minimum absolute atomic E-state index is 0. The number of carbonyl (C=O) groups is 3. The Morgan fingerprint density at radius 1 is 0.865 bits per heavy atom. The third-order valence-corrected chi connectivity index (χ3v) is 6.59. The van der Waals surface area contributed by atoms with Gasteiger partial charge in [-0.05, 0) is 39.0 Å². The molecule has 0 saturated carbocycles. The molecule has 9 nitrogen and oxygen atoms in total. The summed E-state index contributed by atoms with van der Waals surface area (Å²) in [4.78, 5) is 34.3. The molecule has 0 aliphatic heterocycles. The molecule has 37 heavy (non-hydrogen) atoms. The Balaban J connectivity index is -0.00000578. The summed E-state index contributed by atoms with van der Waals surface area (Å²) < 4.78 is 38.0. The summed E-state index contributed by atoms with van der Waals surface area (Å²) >= 11 is 0. The van der Waals surface area contributed by atoms with Crippen LogP contribution in [0, 0.1) is 0 Å². The zero-order valence-electron chi connectivity index (χ0n) is 23.3. The summed E-state index contributed by atoms with van der Waals surface area (Å²) in [6, 6.07) is 0. The second-order valence-electron chi connectivity index (χ2n) is 8.94. The number of rotatable bonds is 22. The zero-order valence-corrected chi connectivity index (χ0v) is 28.1. The van der Waals surface area contributed by atoms with Crippen LogP contribution in [0.3, 0.4) is 0 Å². The van der Waals surface area contributed by atoms with E-state index in [1.807, 2.05) is 0 Å². The first kappa shape index (κ1) is 41.5. The molecule has 1 N–H and O–H groups in total. The van der Waals surface area contributed by atoms with Gasteiger partial charge >= 0.3 is 65.1 Å². The Labute approximate surface area is 267 Å². The molecule has 0 aliphatic rings. The Morgan fingerprint density at radius 2 is 1.35 bits per heavy atom. The largest absolute Gasteiger partial charge is 1.00 e. The van der Waals surface area contributed by atoms with Crippen LogP contribution in [0.1, 0.15) is 110 Å². The van der Waals surface area contributed by atoms with Crippen molar-refractivity contribution in [3.05, 3.63) is 12.2 Å². The van der Waals surface area contributed by atoms with Gasteiger partial charge in [0.05, 0.1) is 6.54 Å². The van der Waals surface area contributed by atoms with E-state index in [2.05, 4.69) is 24.4 Å². The van der Waals surface area contributed by atoms with Crippen molar-refractivity contribution in [1.82, 2.24) is 5.32 Å². The van der Waals surface area contributed by atoms with Crippen molar-refractivity contribution in [2.24, 2.45) is 0 Å². The Bertz CT molecular complexity index is 747. The zero-order chi connectivity index (χ0) is 26.5. The molecule has 2 atom stereocenters. The van der Waals surface area contributed by atoms with Gasteiger partial charge in [-0.25, -0.2) is 8.42 Å². The number of carbonyl (C=O) groups excluding carboxylic acids is 3. The van der Waals surface area contributed by atoms with Crippen LogP contribution in [0.15, 0.2) is 12.2 Å².